The van der Waals surface area contributed by atoms with Gasteiger partial charge in [0.1, 0.15) is 0 Å². The first-order valence-electron chi connectivity index (χ1n) is 7.80. The standard InChI is InChI=1S/C16H23ClN2O3S/c1-12-8-9-13(10-15(12)17)18-16(20)11-19(23(2,21)22)14-6-4-3-5-7-14/h8-10,14H,3-7,11H2,1-2H3,(H,18,20). The molecule has 1 aliphatic rings. The fourth-order valence-electron chi connectivity index (χ4n) is 2.90. The molecule has 128 valence electrons. The second-order valence-electron chi connectivity index (χ2n) is 6.11. The second kappa shape index (κ2) is 7.64. The number of nitrogens with zero attached hydrogens (tertiary/aromatic N) is 1. The van der Waals surface area contributed by atoms with Crippen LogP contribution in [0.25, 0.3) is 0 Å². The van der Waals surface area contributed by atoms with E-state index in [1.165, 1.54) is 4.31 Å². The van der Waals surface area contributed by atoms with E-state index in [4.69, 9.17) is 11.6 Å². The van der Waals surface area contributed by atoms with Gasteiger partial charge in [-0.25, -0.2) is 8.42 Å². The van der Waals surface area contributed by atoms with Gasteiger partial charge in [-0.15, -0.1) is 0 Å². The summed E-state index contributed by atoms with van der Waals surface area (Å²) in [5.74, 6) is -0.346. The molecule has 23 heavy (non-hydrogen) atoms. The Kier molecular flexibility index (Phi) is 6.06. The number of rotatable bonds is 5. The predicted octanol–water partition coefficient (Wildman–Crippen LogP) is 3.18. The topological polar surface area (TPSA) is 66.5 Å². The maximum Gasteiger partial charge on any atom is 0.239 e. The summed E-state index contributed by atoms with van der Waals surface area (Å²) in [5, 5.41) is 3.29. The normalized spacial score (nSPS) is 16.5. The van der Waals surface area contributed by atoms with Crippen LogP contribution in [0.1, 0.15) is 37.7 Å². The lowest BCUT2D eigenvalue weighted by atomic mass is 9.95. The van der Waals surface area contributed by atoms with Gasteiger partial charge in [-0.2, -0.15) is 4.31 Å². The van der Waals surface area contributed by atoms with Crippen molar-refractivity contribution in [3.8, 4) is 0 Å². The molecule has 1 fully saturated rings. The van der Waals surface area contributed by atoms with E-state index in [9.17, 15) is 13.2 Å². The van der Waals surface area contributed by atoms with E-state index in [2.05, 4.69) is 5.32 Å². The average molecular weight is 359 g/mol. The zero-order valence-corrected chi connectivity index (χ0v) is 15.1. The number of halogens is 1. The number of hydrogen-bond donors (Lipinski definition) is 1. The van der Waals surface area contributed by atoms with Crippen LogP contribution in [0.3, 0.4) is 0 Å². The molecule has 1 amide bonds. The molecule has 1 aromatic rings. The molecule has 0 atom stereocenters. The van der Waals surface area contributed by atoms with Crippen molar-refractivity contribution in [2.75, 3.05) is 18.1 Å². The minimum absolute atomic E-state index is 0.0777. The van der Waals surface area contributed by atoms with Crippen LogP contribution in [0, 0.1) is 6.92 Å². The number of carbonyl (C=O) groups excluding carboxylic acids is 1. The number of carbonyl (C=O) groups is 1. The Bertz CT molecular complexity index is 670. The van der Waals surface area contributed by atoms with Crippen LogP contribution in [-0.4, -0.2) is 37.5 Å². The van der Waals surface area contributed by atoms with Crippen LogP contribution in [0.5, 0.6) is 0 Å². The minimum atomic E-state index is -3.42. The van der Waals surface area contributed by atoms with Crippen LogP contribution in [0.15, 0.2) is 18.2 Å². The molecule has 0 spiro atoms. The zero-order chi connectivity index (χ0) is 17.0. The number of amides is 1. The van der Waals surface area contributed by atoms with Crippen molar-refractivity contribution < 1.29 is 13.2 Å². The van der Waals surface area contributed by atoms with Crippen LogP contribution >= 0.6 is 11.6 Å². The Labute approximate surface area is 143 Å². The Balaban J connectivity index is 2.06. The molecule has 0 heterocycles. The van der Waals surface area contributed by atoms with Crippen LogP contribution < -0.4 is 5.32 Å². The van der Waals surface area contributed by atoms with Crippen molar-refractivity contribution in [1.29, 1.82) is 0 Å². The number of benzene rings is 1. The fourth-order valence-corrected chi connectivity index (χ4v) is 4.18. The van der Waals surface area contributed by atoms with Crippen molar-refractivity contribution >= 4 is 33.2 Å². The third-order valence-electron chi connectivity index (χ3n) is 4.16. The summed E-state index contributed by atoms with van der Waals surface area (Å²) in [7, 11) is -3.42. The number of aryl methyl sites for hydroxylation is 1. The molecular weight excluding hydrogens is 336 g/mol. The lowest BCUT2D eigenvalue weighted by Crippen LogP contribution is -2.45. The molecule has 0 bridgehead atoms. The van der Waals surface area contributed by atoms with Crippen molar-refractivity contribution in [2.24, 2.45) is 0 Å². The molecule has 1 saturated carbocycles. The Morgan fingerprint density at radius 2 is 1.96 bits per heavy atom. The molecule has 7 heteroatoms. The summed E-state index contributed by atoms with van der Waals surface area (Å²) in [6.07, 6.45) is 5.94. The van der Waals surface area contributed by atoms with E-state index >= 15 is 0 Å². The molecule has 0 radical (unpaired) electrons. The van der Waals surface area contributed by atoms with Crippen LogP contribution in [0.2, 0.25) is 5.02 Å². The average Bonchev–Trinajstić information content (AvgIpc) is 2.48. The molecule has 2 rings (SSSR count). The molecule has 1 aromatic carbocycles. The maximum absolute atomic E-state index is 12.2. The van der Waals surface area contributed by atoms with Crippen LogP contribution in [-0.2, 0) is 14.8 Å². The van der Waals surface area contributed by atoms with E-state index in [-0.39, 0.29) is 18.5 Å². The van der Waals surface area contributed by atoms with Crippen molar-refractivity contribution in [3.05, 3.63) is 28.8 Å². The van der Waals surface area contributed by atoms with Gasteiger partial charge < -0.3 is 5.32 Å². The number of sulfonamides is 1. The fraction of sp³-hybridized carbons (Fsp3) is 0.562. The third kappa shape index (κ3) is 5.19. The van der Waals surface area contributed by atoms with Crippen molar-refractivity contribution in [1.82, 2.24) is 4.31 Å². The monoisotopic (exact) mass is 358 g/mol. The number of hydrogen-bond acceptors (Lipinski definition) is 3. The third-order valence-corrected chi connectivity index (χ3v) is 5.85. The molecule has 0 aliphatic heterocycles. The Morgan fingerprint density at radius 1 is 1.30 bits per heavy atom. The van der Waals surface area contributed by atoms with Gasteiger partial charge in [-0.1, -0.05) is 36.9 Å². The maximum atomic E-state index is 12.2. The van der Waals surface area contributed by atoms with E-state index in [0.717, 1.165) is 43.9 Å². The lowest BCUT2D eigenvalue weighted by Gasteiger charge is -2.31. The summed E-state index contributed by atoms with van der Waals surface area (Å²) in [6, 6.07) is 5.16. The summed E-state index contributed by atoms with van der Waals surface area (Å²) < 4.78 is 25.4. The Morgan fingerprint density at radius 3 is 2.52 bits per heavy atom. The van der Waals surface area contributed by atoms with Crippen molar-refractivity contribution in [2.45, 2.75) is 45.1 Å². The Hall–Kier alpha value is -1.11. The molecule has 0 unspecified atom stereocenters. The molecule has 5 nitrogen and oxygen atoms in total. The highest BCUT2D eigenvalue weighted by Gasteiger charge is 2.29. The van der Waals surface area contributed by atoms with Gasteiger partial charge in [-0.05, 0) is 37.5 Å². The summed E-state index contributed by atoms with van der Waals surface area (Å²) in [6.45, 7) is 1.72. The first-order chi connectivity index (χ1) is 10.8. The first-order valence-corrected chi connectivity index (χ1v) is 10.0. The number of nitrogens with one attached hydrogen (secondary N) is 1. The van der Waals surface area contributed by atoms with Gasteiger partial charge in [0.2, 0.25) is 15.9 Å². The first kappa shape index (κ1) is 18.2. The van der Waals surface area contributed by atoms with E-state index in [0.29, 0.717) is 10.7 Å². The largest absolute Gasteiger partial charge is 0.325 e. The molecule has 1 aliphatic carbocycles. The number of anilines is 1. The van der Waals surface area contributed by atoms with Gasteiger partial charge in [0.15, 0.2) is 0 Å². The molecule has 0 aromatic heterocycles. The molecular formula is C16H23ClN2O3S. The van der Waals surface area contributed by atoms with Gasteiger partial charge in [0.05, 0.1) is 12.8 Å². The lowest BCUT2D eigenvalue weighted by molar-refractivity contribution is -0.116. The van der Waals surface area contributed by atoms with E-state index < -0.39 is 10.0 Å². The van der Waals surface area contributed by atoms with Crippen LogP contribution in [0.4, 0.5) is 5.69 Å². The minimum Gasteiger partial charge on any atom is -0.325 e. The summed E-state index contributed by atoms with van der Waals surface area (Å²) in [4.78, 5) is 12.2. The quantitative estimate of drug-likeness (QED) is 0.879. The SMILES string of the molecule is Cc1ccc(NC(=O)CN(C2CCCCC2)S(C)(=O)=O)cc1Cl. The summed E-state index contributed by atoms with van der Waals surface area (Å²) in [5.41, 5.74) is 1.49. The highest BCUT2D eigenvalue weighted by molar-refractivity contribution is 7.88. The second-order valence-corrected chi connectivity index (χ2v) is 8.45. The highest BCUT2D eigenvalue weighted by atomic mass is 35.5. The highest BCUT2D eigenvalue weighted by Crippen LogP contribution is 2.25. The van der Waals surface area contributed by atoms with Gasteiger partial charge in [0, 0.05) is 16.8 Å². The smallest absolute Gasteiger partial charge is 0.239 e. The summed E-state index contributed by atoms with van der Waals surface area (Å²) >= 11 is 6.04. The molecule has 1 N–H and O–H groups in total. The predicted molar refractivity (Wildman–Crippen MR) is 93.2 cm³/mol. The van der Waals surface area contributed by atoms with Crippen molar-refractivity contribution in [3.63, 3.8) is 0 Å². The zero-order valence-electron chi connectivity index (χ0n) is 13.5. The van der Waals surface area contributed by atoms with Gasteiger partial charge in [-0.3, -0.25) is 4.79 Å². The van der Waals surface area contributed by atoms with E-state index in [1.807, 2.05) is 13.0 Å². The van der Waals surface area contributed by atoms with E-state index in [1.54, 1.807) is 12.1 Å². The van der Waals surface area contributed by atoms with Gasteiger partial charge >= 0.3 is 0 Å². The van der Waals surface area contributed by atoms with Gasteiger partial charge in [0.25, 0.3) is 0 Å². The molecule has 0 saturated heterocycles.